The molecule has 1 aromatic heterocycles. The Kier molecular flexibility index (Phi) is 7.02. The number of hydrogen-bond donors (Lipinski definition) is 2. The van der Waals surface area contributed by atoms with Crippen molar-refractivity contribution in [1.29, 1.82) is 0 Å². The number of rotatable bonds is 9. The van der Waals surface area contributed by atoms with Crippen LogP contribution in [0.5, 0.6) is 11.5 Å². The van der Waals surface area contributed by atoms with Gasteiger partial charge in [0.1, 0.15) is 5.82 Å². The number of hydrogen-bond acceptors (Lipinski definition) is 6. The van der Waals surface area contributed by atoms with Crippen molar-refractivity contribution in [2.45, 2.75) is 43.9 Å². The van der Waals surface area contributed by atoms with Gasteiger partial charge in [-0.15, -0.1) is 0 Å². The van der Waals surface area contributed by atoms with Gasteiger partial charge in [0, 0.05) is 11.1 Å². The number of hydrazone groups is 1. The number of benzene rings is 3. The Labute approximate surface area is 246 Å². The summed E-state index contributed by atoms with van der Waals surface area (Å²) < 4.78 is 11.3. The lowest BCUT2D eigenvalue weighted by Crippen LogP contribution is -2.48. The van der Waals surface area contributed by atoms with Crippen molar-refractivity contribution >= 4 is 34.5 Å². The first-order valence-electron chi connectivity index (χ1n) is 14.9. The molecule has 0 radical (unpaired) electrons. The highest BCUT2D eigenvalue weighted by molar-refractivity contribution is 5.92. The van der Waals surface area contributed by atoms with Crippen molar-refractivity contribution in [2.24, 2.45) is 22.9 Å². The van der Waals surface area contributed by atoms with E-state index in [0.717, 1.165) is 39.9 Å². The number of pyridine rings is 1. The number of carbonyl (C=O) groups excluding carboxylic acids is 1. The molecule has 4 saturated carbocycles. The Morgan fingerprint density at radius 1 is 0.929 bits per heavy atom. The second kappa shape index (κ2) is 11.1. The van der Waals surface area contributed by atoms with E-state index in [0.29, 0.717) is 22.7 Å². The molecule has 4 fully saturated rings. The molecule has 2 N–H and O–H groups in total. The molecular weight excluding hydrogens is 524 g/mol. The molecule has 0 aliphatic heterocycles. The molecule has 4 bridgehead atoms. The summed E-state index contributed by atoms with van der Waals surface area (Å²) in [6.07, 6.45) is 10.0. The highest BCUT2D eigenvalue weighted by Gasteiger charge is 2.51. The Morgan fingerprint density at radius 3 is 2.40 bits per heavy atom. The molecule has 1 heterocycles. The molecule has 0 spiro atoms. The number of nitrogens with zero attached hydrogens (tertiary/aromatic N) is 2. The maximum Gasteiger partial charge on any atom is 0.262 e. The van der Waals surface area contributed by atoms with Crippen LogP contribution in [0.25, 0.3) is 10.9 Å². The van der Waals surface area contributed by atoms with Gasteiger partial charge < -0.3 is 14.8 Å². The van der Waals surface area contributed by atoms with Crippen LogP contribution >= 0.6 is 0 Å². The van der Waals surface area contributed by atoms with Gasteiger partial charge in [0.25, 0.3) is 5.91 Å². The fourth-order valence-electron chi connectivity index (χ4n) is 7.90. The molecule has 4 aromatic rings. The van der Waals surface area contributed by atoms with Crippen molar-refractivity contribution in [3.63, 3.8) is 0 Å². The van der Waals surface area contributed by atoms with Gasteiger partial charge in [-0.05, 0) is 121 Å². The first-order valence-corrected chi connectivity index (χ1v) is 14.9. The van der Waals surface area contributed by atoms with E-state index in [1.54, 1.807) is 19.4 Å². The Morgan fingerprint density at radius 2 is 1.67 bits per heavy atom. The summed E-state index contributed by atoms with van der Waals surface area (Å²) >= 11 is 0. The summed E-state index contributed by atoms with van der Waals surface area (Å²) in [5, 5.41) is 8.36. The number of aromatic nitrogens is 1. The maximum atomic E-state index is 12.7. The average molecular weight is 561 g/mol. The van der Waals surface area contributed by atoms with Gasteiger partial charge in [-0.1, -0.05) is 30.3 Å². The average Bonchev–Trinajstić information content (AvgIpc) is 3.00. The summed E-state index contributed by atoms with van der Waals surface area (Å²) in [5.74, 6) is 4.20. The number of ether oxygens (including phenoxy) is 2. The van der Waals surface area contributed by atoms with Crippen LogP contribution < -0.4 is 20.2 Å². The van der Waals surface area contributed by atoms with Crippen LogP contribution in [-0.2, 0) is 10.2 Å². The zero-order valence-electron chi connectivity index (χ0n) is 23.9. The molecule has 0 atom stereocenters. The fourth-order valence-corrected chi connectivity index (χ4v) is 7.90. The lowest BCUT2D eigenvalue weighted by atomic mass is 9.48. The fraction of sp³-hybridized carbons (Fsp3) is 0.343. The molecule has 8 rings (SSSR count). The Hall–Kier alpha value is -4.39. The monoisotopic (exact) mass is 560 g/mol. The van der Waals surface area contributed by atoms with Crippen molar-refractivity contribution in [3.8, 4) is 11.5 Å². The van der Waals surface area contributed by atoms with Crippen molar-refractivity contribution in [2.75, 3.05) is 24.5 Å². The van der Waals surface area contributed by atoms with E-state index < -0.39 is 0 Å². The van der Waals surface area contributed by atoms with E-state index in [4.69, 9.17) is 9.47 Å². The summed E-state index contributed by atoms with van der Waals surface area (Å²) in [5.41, 5.74) is 7.29. The molecule has 4 aliphatic rings. The van der Waals surface area contributed by atoms with Crippen molar-refractivity contribution < 1.29 is 14.3 Å². The van der Waals surface area contributed by atoms with Crippen molar-refractivity contribution in [3.05, 3.63) is 90.0 Å². The number of amides is 1. The number of para-hydroxylation sites is 1. The van der Waals surface area contributed by atoms with Crippen LogP contribution in [0.1, 0.15) is 49.7 Å². The summed E-state index contributed by atoms with van der Waals surface area (Å²) in [4.78, 5) is 17.3. The summed E-state index contributed by atoms with van der Waals surface area (Å²) in [6.45, 7) is -0.115. The normalized spacial score (nSPS) is 24.2. The van der Waals surface area contributed by atoms with Crippen molar-refractivity contribution in [1.82, 2.24) is 4.98 Å². The molecule has 4 aliphatic carbocycles. The zero-order chi connectivity index (χ0) is 28.5. The minimum Gasteiger partial charge on any atom is -0.493 e. The van der Waals surface area contributed by atoms with Gasteiger partial charge in [0.15, 0.2) is 18.1 Å². The molecule has 7 nitrogen and oxygen atoms in total. The number of carbonyl (C=O) groups is 1. The van der Waals surface area contributed by atoms with E-state index in [9.17, 15) is 4.79 Å². The van der Waals surface area contributed by atoms with Gasteiger partial charge in [0.2, 0.25) is 0 Å². The molecule has 214 valence electrons. The van der Waals surface area contributed by atoms with Gasteiger partial charge in [-0.3, -0.25) is 10.2 Å². The van der Waals surface area contributed by atoms with Gasteiger partial charge in [0.05, 0.1) is 18.8 Å². The van der Waals surface area contributed by atoms with Crippen LogP contribution in [0.4, 0.5) is 11.5 Å². The third kappa shape index (κ3) is 5.43. The molecular formula is C35H36N4O3. The van der Waals surface area contributed by atoms with Gasteiger partial charge >= 0.3 is 0 Å². The lowest BCUT2D eigenvalue weighted by molar-refractivity contribution is -0.118. The third-order valence-electron chi connectivity index (χ3n) is 9.36. The van der Waals surface area contributed by atoms with Crippen LogP contribution in [0, 0.1) is 17.8 Å². The van der Waals surface area contributed by atoms with E-state index in [1.165, 1.54) is 44.1 Å². The highest BCUT2D eigenvalue weighted by Crippen LogP contribution is 2.60. The highest BCUT2D eigenvalue weighted by atomic mass is 16.5. The van der Waals surface area contributed by atoms with Crippen LogP contribution in [0.2, 0.25) is 0 Å². The van der Waals surface area contributed by atoms with Crippen LogP contribution in [-0.4, -0.2) is 30.8 Å². The van der Waals surface area contributed by atoms with E-state index in [1.807, 2.05) is 60.7 Å². The summed E-state index contributed by atoms with van der Waals surface area (Å²) in [6, 6.07) is 25.8. The Balaban J connectivity index is 0.934. The third-order valence-corrected chi connectivity index (χ3v) is 9.36. The minimum absolute atomic E-state index is 0.115. The van der Waals surface area contributed by atoms with E-state index in [2.05, 4.69) is 33.0 Å². The lowest BCUT2D eigenvalue weighted by Gasteiger charge is -2.57. The number of anilines is 2. The smallest absolute Gasteiger partial charge is 0.262 e. The standard InChI is InChI=1S/C35H36N4O3/c1-41-32-17-23(21-36-39-33-13-7-27-4-2-3-5-30(27)38-33)6-12-31(32)42-22-34(40)37-29-10-8-28(9-11-29)35-18-24-14-25(19-35)16-26(15-24)20-35/h2-13,17,21,24-26H,14-16,18-20,22H2,1H3,(H,37,40)(H,38,39)/b36-21-. The van der Waals surface area contributed by atoms with Gasteiger partial charge in [-0.25, -0.2) is 4.98 Å². The number of fused-ring (bicyclic) bond motifs is 1. The second-order valence-corrected chi connectivity index (χ2v) is 12.3. The predicted molar refractivity (Wildman–Crippen MR) is 166 cm³/mol. The maximum absolute atomic E-state index is 12.7. The number of methoxy groups -OCH3 is 1. The zero-order valence-corrected chi connectivity index (χ0v) is 23.9. The first kappa shape index (κ1) is 26.5. The summed E-state index contributed by atoms with van der Waals surface area (Å²) in [7, 11) is 1.58. The molecule has 3 aromatic carbocycles. The largest absolute Gasteiger partial charge is 0.493 e. The van der Waals surface area contributed by atoms with E-state index >= 15 is 0 Å². The second-order valence-electron chi connectivity index (χ2n) is 12.3. The predicted octanol–water partition coefficient (Wildman–Crippen LogP) is 7.17. The number of nitrogens with one attached hydrogen (secondary N) is 2. The van der Waals surface area contributed by atoms with Crippen LogP contribution in [0.15, 0.2) is 84.0 Å². The molecule has 42 heavy (non-hydrogen) atoms. The van der Waals surface area contributed by atoms with E-state index in [-0.39, 0.29) is 12.5 Å². The topological polar surface area (TPSA) is 84.8 Å². The molecule has 1 amide bonds. The van der Waals surface area contributed by atoms with Crippen LogP contribution in [0.3, 0.4) is 0 Å². The Bertz CT molecular complexity index is 1600. The molecule has 0 saturated heterocycles. The first-order chi connectivity index (χ1) is 20.5. The molecule has 7 heteroatoms. The van der Waals surface area contributed by atoms with Gasteiger partial charge in [-0.2, -0.15) is 5.10 Å². The minimum atomic E-state index is -0.211. The quantitative estimate of drug-likeness (QED) is 0.167. The molecule has 0 unspecified atom stereocenters. The SMILES string of the molecule is COc1cc(/C=N\Nc2ccc3ccccc3n2)ccc1OCC(=O)Nc1ccc(C23CC4CC(CC(C4)C2)C3)cc1.